The number of nitrogens with one attached hydrogen (secondary N) is 3. The van der Waals surface area contributed by atoms with Crippen LogP contribution in [0.3, 0.4) is 0 Å². The minimum Gasteiger partial charge on any atom is -0.474 e. The van der Waals surface area contributed by atoms with Crippen LogP contribution in [0.25, 0.3) is 0 Å². The van der Waals surface area contributed by atoms with Gasteiger partial charge in [-0.2, -0.15) is 5.10 Å². The monoisotopic (exact) mass is 746 g/mol. The largest absolute Gasteiger partial charge is 0.474 e. The second-order valence-corrected chi connectivity index (χ2v) is 15.6. The van der Waals surface area contributed by atoms with E-state index in [0.29, 0.717) is 49.9 Å². The summed E-state index contributed by atoms with van der Waals surface area (Å²) in [4.78, 5) is 47.3. The molecular formula is C40H50N12O3. The fourth-order valence-electron chi connectivity index (χ4n) is 8.87. The third-order valence-corrected chi connectivity index (χ3v) is 12.0. The van der Waals surface area contributed by atoms with E-state index >= 15 is 0 Å². The lowest BCUT2D eigenvalue weighted by Crippen LogP contribution is -2.49. The van der Waals surface area contributed by atoms with Crippen molar-refractivity contribution in [3.63, 3.8) is 0 Å². The zero-order valence-corrected chi connectivity index (χ0v) is 31.8. The van der Waals surface area contributed by atoms with Crippen LogP contribution in [0.1, 0.15) is 60.5 Å². The van der Waals surface area contributed by atoms with Gasteiger partial charge in [-0.3, -0.25) is 19.7 Å². The Morgan fingerprint density at radius 1 is 0.909 bits per heavy atom. The maximum atomic E-state index is 12.4. The number of amides is 3. The number of piperidine rings is 2. The molecule has 9 rings (SSSR count). The molecule has 15 heteroatoms. The average molecular weight is 747 g/mol. The second-order valence-electron chi connectivity index (χ2n) is 15.6. The van der Waals surface area contributed by atoms with Gasteiger partial charge >= 0.3 is 6.03 Å². The van der Waals surface area contributed by atoms with Gasteiger partial charge in [0.25, 0.3) is 0 Å². The number of likely N-dealkylation sites (tertiary alicyclic amines) is 1. The summed E-state index contributed by atoms with van der Waals surface area (Å²) in [5.74, 6) is 1.76. The van der Waals surface area contributed by atoms with Crippen LogP contribution in [-0.2, 0) is 17.8 Å². The van der Waals surface area contributed by atoms with Crippen molar-refractivity contribution < 1.29 is 14.3 Å². The van der Waals surface area contributed by atoms with Gasteiger partial charge in [-0.25, -0.2) is 19.7 Å². The lowest BCUT2D eigenvalue weighted by Gasteiger charge is -2.38. The van der Waals surface area contributed by atoms with Crippen LogP contribution in [0, 0.1) is 19.8 Å². The zero-order chi connectivity index (χ0) is 37.5. The fraction of sp³-hybridized carbons (Fsp3) is 0.500. The van der Waals surface area contributed by atoms with Gasteiger partial charge in [0.2, 0.25) is 17.7 Å². The minimum atomic E-state index is -0.336. The third kappa shape index (κ3) is 7.36. The molecule has 0 radical (unpaired) electrons. The first-order valence-corrected chi connectivity index (χ1v) is 19.8. The number of hydrogen-bond acceptors (Lipinski definition) is 12. The number of carbonyl (C=O) groups is 2. The molecule has 5 aliphatic rings. The quantitative estimate of drug-likeness (QED) is 0.228. The van der Waals surface area contributed by atoms with Crippen LogP contribution in [-0.4, -0.2) is 101 Å². The predicted octanol–water partition coefficient (Wildman–Crippen LogP) is 4.80. The van der Waals surface area contributed by atoms with Gasteiger partial charge in [-0.05, 0) is 81.2 Å². The van der Waals surface area contributed by atoms with Crippen molar-refractivity contribution >= 4 is 46.3 Å². The molecule has 0 bridgehead atoms. The molecule has 288 valence electrons. The molecule has 0 atom stereocenters. The van der Waals surface area contributed by atoms with E-state index in [9.17, 15) is 9.59 Å². The number of ether oxygens (including phenoxy) is 1. The summed E-state index contributed by atoms with van der Waals surface area (Å²) in [7, 11) is 0. The van der Waals surface area contributed by atoms with Gasteiger partial charge < -0.3 is 30.1 Å². The summed E-state index contributed by atoms with van der Waals surface area (Å²) in [5, 5.41) is 14.0. The lowest BCUT2D eigenvalue weighted by molar-refractivity contribution is -0.120. The van der Waals surface area contributed by atoms with Crippen molar-refractivity contribution in [2.45, 2.75) is 65.0 Å². The van der Waals surface area contributed by atoms with Crippen LogP contribution < -0.4 is 35.4 Å². The number of fused-ring (bicyclic) bond motifs is 2. The Hall–Kier alpha value is -5.44. The van der Waals surface area contributed by atoms with E-state index < -0.39 is 0 Å². The SMILES string of the molecule is Cc1cc(N2CCC(CN3CCC(n4cc(Nc5ncc6c(n5)CN(c5cnc7c(c5C)NCCO7)CC6)cn4)CC3)CC2)ccc1N1CCC(=O)NC1=O. The van der Waals surface area contributed by atoms with Crippen LogP contribution in [0.5, 0.6) is 5.88 Å². The maximum absolute atomic E-state index is 12.4. The first-order chi connectivity index (χ1) is 26.8. The minimum absolute atomic E-state index is 0.210. The van der Waals surface area contributed by atoms with Crippen molar-refractivity contribution in [3.8, 4) is 5.88 Å². The summed E-state index contributed by atoms with van der Waals surface area (Å²) in [6.07, 6.45) is 13.6. The number of carbonyl (C=O) groups excluding carboxylic acids is 2. The van der Waals surface area contributed by atoms with E-state index in [1.54, 1.807) is 4.90 Å². The Balaban J connectivity index is 0.743. The van der Waals surface area contributed by atoms with Gasteiger partial charge in [-0.1, -0.05) is 0 Å². The van der Waals surface area contributed by atoms with Crippen molar-refractivity contribution in [3.05, 3.63) is 65.4 Å². The molecule has 0 spiro atoms. The first-order valence-electron chi connectivity index (χ1n) is 19.8. The summed E-state index contributed by atoms with van der Waals surface area (Å²) >= 11 is 0. The molecule has 3 aromatic heterocycles. The molecule has 55 heavy (non-hydrogen) atoms. The van der Waals surface area contributed by atoms with E-state index in [4.69, 9.17) is 14.8 Å². The summed E-state index contributed by atoms with van der Waals surface area (Å²) in [6.45, 7) is 13.0. The van der Waals surface area contributed by atoms with E-state index in [0.717, 1.165) is 105 Å². The Morgan fingerprint density at radius 2 is 1.76 bits per heavy atom. The van der Waals surface area contributed by atoms with Crippen LogP contribution >= 0.6 is 0 Å². The number of benzene rings is 1. The molecule has 0 saturated carbocycles. The molecule has 3 saturated heterocycles. The number of aryl methyl sites for hydroxylation is 1. The van der Waals surface area contributed by atoms with Crippen LogP contribution in [0.2, 0.25) is 0 Å². The Kier molecular flexibility index (Phi) is 9.62. The fourth-order valence-corrected chi connectivity index (χ4v) is 8.87. The molecule has 15 nitrogen and oxygen atoms in total. The number of aromatic nitrogens is 5. The number of imide groups is 1. The van der Waals surface area contributed by atoms with Gasteiger partial charge in [-0.15, -0.1) is 0 Å². The molecule has 0 unspecified atom stereocenters. The molecule has 4 aromatic rings. The average Bonchev–Trinajstić information content (AvgIpc) is 3.67. The Labute approximate surface area is 321 Å². The van der Waals surface area contributed by atoms with Crippen LogP contribution in [0.4, 0.5) is 39.2 Å². The van der Waals surface area contributed by atoms with Crippen molar-refractivity contribution in [1.29, 1.82) is 0 Å². The summed E-state index contributed by atoms with van der Waals surface area (Å²) < 4.78 is 7.86. The Morgan fingerprint density at radius 3 is 2.58 bits per heavy atom. The molecule has 8 heterocycles. The van der Waals surface area contributed by atoms with Crippen molar-refractivity contribution in [2.75, 3.05) is 84.3 Å². The molecule has 3 fully saturated rings. The normalized spacial score (nSPS) is 19.7. The predicted molar refractivity (Wildman–Crippen MR) is 212 cm³/mol. The number of urea groups is 1. The summed E-state index contributed by atoms with van der Waals surface area (Å²) in [5.41, 5.74) is 9.50. The van der Waals surface area contributed by atoms with Gasteiger partial charge in [0.05, 0.1) is 42.0 Å². The molecule has 5 aliphatic heterocycles. The van der Waals surface area contributed by atoms with E-state index in [-0.39, 0.29) is 11.9 Å². The molecule has 0 aliphatic carbocycles. The zero-order valence-electron chi connectivity index (χ0n) is 31.8. The van der Waals surface area contributed by atoms with Gasteiger partial charge in [0.15, 0.2) is 0 Å². The molecule has 3 N–H and O–H groups in total. The smallest absolute Gasteiger partial charge is 0.328 e. The van der Waals surface area contributed by atoms with Gasteiger partial charge in [0.1, 0.15) is 12.3 Å². The number of pyridine rings is 1. The second kappa shape index (κ2) is 15.0. The highest BCUT2D eigenvalue weighted by atomic mass is 16.5. The number of rotatable bonds is 8. The standard InChI is InChI=1S/C40H50N12O3/c1-26-19-32(3-4-34(26)51-17-10-36(53)47-40(51)54)49-14-5-28(6-15-49)23-48-12-8-31(9-13-48)52-24-30(21-44-52)45-39-43-20-29-7-16-50(25-33(29)46-39)35-22-42-38-37(27(35)2)41-11-18-55-38/h3-4,19-22,24,28,31,41H,5-18,23,25H2,1-2H3,(H,43,45,46)(H,47,53,54). The molecular weight excluding hydrogens is 697 g/mol. The molecule has 3 amide bonds. The van der Waals surface area contributed by atoms with Crippen LogP contribution in [0.15, 0.2) is 43.0 Å². The number of hydrogen-bond donors (Lipinski definition) is 3. The highest BCUT2D eigenvalue weighted by Crippen LogP contribution is 2.37. The first kappa shape index (κ1) is 35.3. The third-order valence-electron chi connectivity index (χ3n) is 12.0. The number of nitrogens with zero attached hydrogens (tertiary/aromatic N) is 9. The molecule has 1 aromatic carbocycles. The lowest BCUT2D eigenvalue weighted by atomic mass is 9.94. The number of anilines is 6. The Bertz CT molecular complexity index is 2070. The van der Waals surface area contributed by atoms with Crippen molar-refractivity contribution in [2.24, 2.45) is 5.92 Å². The van der Waals surface area contributed by atoms with Crippen molar-refractivity contribution in [1.82, 2.24) is 34.9 Å². The topological polar surface area (TPSA) is 149 Å². The van der Waals surface area contributed by atoms with Gasteiger partial charge in [0, 0.05) is 88.1 Å². The van der Waals surface area contributed by atoms with E-state index in [2.05, 4.69) is 70.6 Å². The highest BCUT2D eigenvalue weighted by molar-refractivity contribution is 6.06. The van der Waals surface area contributed by atoms with E-state index in [1.807, 2.05) is 31.6 Å². The summed E-state index contributed by atoms with van der Waals surface area (Å²) in [6, 6.07) is 6.36. The highest BCUT2D eigenvalue weighted by Gasteiger charge is 2.29. The van der Waals surface area contributed by atoms with E-state index in [1.165, 1.54) is 24.1 Å². The maximum Gasteiger partial charge on any atom is 0.328 e.